The predicted molar refractivity (Wildman–Crippen MR) is 93.9 cm³/mol. The van der Waals surface area contributed by atoms with Gasteiger partial charge in [-0.25, -0.2) is 4.79 Å². The van der Waals surface area contributed by atoms with Gasteiger partial charge < -0.3 is 20.1 Å². The van der Waals surface area contributed by atoms with E-state index in [9.17, 15) is 9.90 Å². The first-order valence-corrected chi connectivity index (χ1v) is 10.0. The average molecular weight is 338 g/mol. The highest BCUT2D eigenvalue weighted by atomic mass is 16.5. The smallest absolute Gasteiger partial charge is 0.317 e. The molecule has 0 spiro atoms. The maximum absolute atomic E-state index is 12.8. The summed E-state index contributed by atoms with van der Waals surface area (Å²) in [7, 11) is 0. The number of carbonyl (C=O) groups excluding carboxylic acids is 1. The number of amides is 2. The minimum Gasteiger partial charge on any atom is -0.393 e. The molecule has 0 bridgehead atoms. The molecule has 3 fully saturated rings. The Labute approximate surface area is 146 Å². The Morgan fingerprint density at radius 2 is 1.83 bits per heavy atom. The van der Waals surface area contributed by atoms with Crippen LogP contribution in [0.1, 0.15) is 77.6 Å². The zero-order valence-electron chi connectivity index (χ0n) is 15.1. The third-order valence-electron chi connectivity index (χ3n) is 5.93. The number of nitrogens with one attached hydrogen (secondary N) is 1. The second kappa shape index (κ2) is 8.52. The number of ether oxygens (including phenoxy) is 1. The molecule has 24 heavy (non-hydrogen) atoms. The second-order valence-electron chi connectivity index (χ2n) is 8.00. The SMILES string of the molecule is CC(O)CC1CCCN1C(=O)NC1CCCCC1OC1CCCC1. The van der Waals surface area contributed by atoms with Crippen LogP contribution in [-0.2, 0) is 4.74 Å². The third-order valence-corrected chi connectivity index (χ3v) is 5.93. The van der Waals surface area contributed by atoms with E-state index in [1.165, 1.54) is 38.5 Å². The molecule has 2 saturated carbocycles. The molecule has 2 amide bonds. The van der Waals surface area contributed by atoms with Gasteiger partial charge in [0, 0.05) is 12.6 Å². The van der Waals surface area contributed by atoms with Gasteiger partial charge in [-0.3, -0.25) is 0 Å². The van der Waals surface area contributed by atoms with E-state index in [0.29, 0.717) is 12.5 Å². The van der Waals surface area contributed by atoms with Crippen molar-refractivity contribution in [2.45, 2.75) is 108 Å². The first-order chi connectivity index (χ1) is 11.6. The van der Waals surface area contributed by atoms with E-state index in [0.717, 1.165) is 32.2 Å². The quantitative estimate of drug-likeness (QED) is 0.809. The summed E-state index contributed by atoms with van der Waals surface area (Å²) in [6, 6.07) is 0.382. The first-order valence-electron chi connectivity index (χ1n) is 10.0. The molecule has 3 rings (SSSR count). The summed E-state index contributed by atoms with van der Waals surface area (Å²) in [4.78, 5) is 14.7. The molecule has 2 aliphatic carbocycles. The molecule has 2 N–H and O–H groups in total. The van der Waals surface area contributed by atoms with Gasteiger partial charge in [0.05, 0.1) is 24.4 Å². The molecule has 0 aromatic carbocycles. The maximum Gasteiger partial charge on any atom is 0.317 e. The molecule has 4 unspecified atom stereocenters. The lowest BCUT2D eigenvalue weighted by Crippen LogP contribution is -2.53. The number of aliphatic hydroxyl groups excluding tert-OH is 1. The van der Waals surface area contributed by atoms with Crippen LogP contribution < -0.4 is 5.32 Å². The van der Waals surface area contributed by atoms with Gasteiger partial charge in [-0.15, -0.1) is 0 Å². The summed E-state index contributed by atoms with van der Waals surface area (Å²) in [6.07, 6.45) is 12.4. The Balaban J connectivity index is 1.54. The molecule has 5 nitrogen and oxygen atoms in total. The van der Waals surface area contributed by atoms with Crippen LogP contribution in [0.4, 0.5) is 4.79 Å². The minimum atomic E-state index is -0.350. The van der Waals surface area contributed by atoms with Crippen LogP contribution in [0.2, 0.25) is 0 Å². The number of rotatable bonds is 5. The van der Waals surface area contributed by atoms with E-state index < -0.39 is 0 Å². The summed E-state index contributed by atoms with van der Waals surface area (Å²) in [6.45, 7) is 2.62. The van der Waals surface area contributed by atoms with Crippen molar-refractivity contribution in [1.29, 1.82) is 0 Å². The highest BCUT2D eigenvalue weighted by molar-refractivity contribution is 5.75. The normalized spacial score (nSPS) is 32.9. The monoisotopic (exact) mass is 338 g/mol. The van der Waals surface area contributed by atoms with Crippen molar-refractivity contribution in [1.82, 2.24) is 10.2 Å². The lowest BCUT2D eigenvalue weighted by molar-refractivity contribution is -0.0418. The lowest BCUT2D eigenvalue weighted by Gasteiger charge is -2.36. The third kappa shape index (κ3) is 4.63. The maximum atomic E-state index is 12.8. The Morgan fingerprint density at radius 3 is 2.58 bits per heavy atom. The fourth-order valence-corrected chi connectivity index (χ4v) is 4.68. The standard InChI is InChI=1S/C19H34N2O3/c1-14(22)13-15-7-6-12-21(15)19(23)20-17-10-4-5-11-18(17)24-16-8-2-3-9-16/h14-18,22H,2-13H2,1H3,(H,20,23). The summed E-state index contributed by atoms with van der Waals surface area (Å²) >= 11 is 0. The molecule has 0 aromatic rings. The highest BCUT2D eigenvalue weighted by Gasteiger charge is 2.34. The van der Waals surface area contributed by atoms with Crippen molar-refractivity contribution < 1.29 is 14.6 Å². The van der Waals surface area contributed by atoms with Crippen molar-refractivity contribution in [3.8, 4) is 0 Å². The second-order valence-corrected chi connectivity index (χ2v) is 8.00. The summed E-state index contributed by atoms with van der Waals surface area (Å²) in [5.41, 5.74) is 0. The summed E-state index contributed by atoms with van der Waals surface area (Å²) in [5, 5.41) is 12.9. The number of urea groups is 1. The van der Waals surface area contributed by atoms with Gasteiger partial charge in [0.2, 0.25) is 0 Å². The number of hydrogen-bond acceptors (Lipinski definition) is 3. The number of nitrogens with zero attached hydrogens (tertiary/aromatic N) is 1. The largest absolute Gasteiger partial charge is 0.393 e. The van der Waals surface area contributed by atoms with Gasteiger partial charge >= 0.3 is 6.03 Å². The van der Waals surface area contributed by atoms with Crippen LogP contribution in [0.5, 0.6) is 0 Å². The fraction of sp³-hybridized carbons (Fsp3) is 0.947. The number of likely N-dealkylation sites (tertiary alicyclic amines) is 1. The predicted octanol–water partition coefficient (Wildman–Crippen LogP) is 3.20. The molecular weight excluding hydrogens is 304 g/mol. The zero-order chi connectivity index (χ0) is 16.9. The zero-order valence-corrected chi connectivity index (χ0v) is 15.1. The van der Waals surface area contributed by atoms with Crippen molar-refractivity contribution in [2.75, 3.05) is 6.54 Å². The number of aliphatic hydroxyl groups is 1. The Hall–Kier alpha value is -0.810. The van der Waals surface area contributed by atoms with Crippen molar-refractivity contribution in [3.05, 3.63) is 0 Å². The van der Waals surface area contributed by atoms with E-state index in [1.807, 2.05) is 4.90 Å². The Morgan fingerprint density at radius 1 is 1.12 bits per heavy atom. The molecular formula is C19H34N2O3. The molecule has 3 aliphatic rings. The van der Waals surface area contributed by atoms with E-state index in [-0.39, 0.29) is 30.3 Å². The topological polar surface area (TPSA) is 61.8 Å². The van der Waals surface area contributed by atoms with Gasteiger partial charge in [-0.1, -0.05) is 25.7 Å². The van der Waals surface area contributed by atoms with Crippen LogP contribution in [0.25, 0.3) is 0 Å². The summed E-state index contributed by atoms with van der Waals surface area (Å²) in [5.74, 6) is 0. The van der Waals surface area contributed by atoms with Crippen molar-refractivity contribution >= 4 is 6.03 Å². The first kappa shape index (κ1) is 18.0. The molecule has 4 atom stereocenters. The molecule has 0 aromatic heterocycles. The van der Waals surface area contributed by atoms with E-state index in [2.05, 4.69) is 5.32 Å². The molecule has 1 heterocycles. The van der Waals surface area contributed by atoms with Crippen LogP contribution in [-0.4, -0.2) is 53.0 Å². The average Bonchev–Trinajstić information content (AvgIpc) is 3.20. The van der Waals surface area contributed by atoms with Gasteiger partial charge in [0.25, 0.3) is 0 Å². The molecule has 5 heteroatoms. The highest BCUT2D eigenvalue weighted by Crippen LogP contribution is 2.29. The van der Waals surface area contributed by atoms with Crippen molar-refractivity contribution in [3.63, 3.8) is 0 Å². The van der Waals surface area contributed by atoms with E-state index in [1.54, 1.807) is 6.92 Å². The molecule has 1 saturated heterocycles. The minimum absolute atomic E-state index is 0.0464. The molecule has 1 aliphatic heterocycles. The van der Waals surface area contributed by atoms with Gasteiger partial charge in [0.1, 0.15) is 0 Å². The van der Waals surface area contributed by atoms with Crippen LogP contribution in [0, 0.1) is 0 Å². The van der Waals surface area contributed by atoms with E-state index in [4.69, 9.17) is 4.74 Å². The Kier molecular flexibility index (Phi) is 6.39. The van der Waals surface area contributed by atoms with Crippen LogP contribution in [0.3, 0.4) is 0 Å². The molecule has 138 valence electrons. The van der Waals surface area contributed by atoms with Gasteiger partial charge in [0.15, 0.2) is 0 Å². The van der Waals surface area contributed by atoms with Crippen LogP contribution in [0.15, 0.2) is 0 Å². The van der Waals surface area contributed by atoms with Crippen molar-refractivity contribution in [2.24, 2.45) is 0 Å². The fourth-order valence-electron chi connectivity index (χ4n) is 4.68. The van der Waals surface area contributed by atoms with Gasteiger partial charge in [-0.05, 0) is 51.9 Å². The van der Waals surface area contributed by atoms with Gasteiger partial charge in [-0.2, -0.15) is 0 Å². The van der Waals surface area contributed by atoms with E-state index >= 15 is 0 Å². The number of carbonyl (C=O) groups is 1. The Bertz CT molecular complexity index is 409. The molecule has 0 radical (unpaired) electrons. The summed E-state index contributed by atoms with van der Waals surface area (Å²) < 4.78 is 6.35. The van der Waals surface area contributed by atoms with Crippen LogP contribution >= 0.6 is 0 Å². The number of hydrogen-bond donors (Lipinski definition) is 2. The lowest BCUT2D eigenvalue weighted by atomic mass is 9.92.